The number of aryl methyl sites for hydroxylation is 2. The molecule has 6 heteroatoms. The van der Waals surface area contributed by atoms with Crippen molar-refractivity contribution in [3.63, 3.8) is 0 Å². The van der Waals surface area contributed by atoms with E-state index in [1.807, 2.05) is 24.3 Å². The summed E-state index contributed by atoms with van der Waals surface area (Å²) in [5.41, 5.74) is 3.34. The summed E-state index contributed by atoms with van der Waals surface area (Å²) in [6.45, 7) is 0. The summed E-state index contributed by atoms with van der Waals surface area (Å²) in [5.74, 6) is -1.06. The molecule has 0 heterocycles. The Kier molecular flexibility index (Phi) is 13.1. The third-order valence-corrected chi connectivity index (χ3v) is 8.42. The maximum Gasteiger partial charge on any atom is 0.334 e. The number of aliphatic hydroxyl groups is 1. The van der Waals surface area contributed by atoms with Gasteiger partial charge >= 0.3 is 11.9 Å². The van der Waals surface area contributed by atoms with Gasteiger partial charge in [-0.1, -0.05) is 80.3 Å². The van der Waals surface area contributed by atoms with Crippen molar-refractivity contribution in [2.75, 3.05) is 5.75 Å². The summed E-state index contributed by atoms with van der Waals surface area (Å²) < 4.78 is 5.52. The molecule has 2 atom stereocenters. The largest absolute Gasteiger partial charge is 0.479 e. The first-order valence-corrected chi connectivity index (χ1v) is 14.9. The smallest absolute Gasteiger partial charge is 0.334 e. The average molecular weight is 527 g/mol. The number of aliphatic carboxylic acids is 1. The molecule has 0 aliphatic heterocycles. The molecule has 1 fully saturated rings. The van der Waals surface area contributed by atoms with E-state index in [9.17, 15) is 19.8 Å². The van der Waals surface area contributed by atoms with E-state index in [4.69, 9.17) is 4.74 Å². The minimum Gasteiger partial charge on any atom is -0.479 e. The molecule has 0 bridgehead atoms. The van der Waals surface area contributed by atoms with Crippen LogP contribution in [0.5, 0.6) is 0 Å². The molecule has 37 heavy (non-hydrogen) atoms. The van der Waals surface area contributed by atoms with Gasteiger partial charge in [0.05, 0.1) is 11.7 Å². The highest BCUT2D eigenvalue weighted by Gasteiger charge is 2.29. The van der Waals surface area contributed by atoms with Crippen LogP contribution in [0, 0.1) is 0 Å². The Bertz CT molecular complexity index is 942. The second kappa shape index (κ2) is 16.5. The van der Waals surface area contributed by atoms with Crippen LogP contribution in [-0.2, 0) is 27.2 Å². The summed E-state index contributed by atoms with van der Waals surface area (Å²) in [6.07, 6.45) is 11.8. The maximum absolute atomic E-state index is 12.2. The molecule has 202 valence electrons. The van der Waals surface area contributed by atoms with E-state index >= 15 is 0 Å². The topological polar surface area (TPSA) is 83.8 Å². The van der Waals surface area contributed by atoms with Crippen molar-refractivity contribution >= 4 is 23.7 Å². The number of unbranched alkanes of at least 4 members (excludes halogenated alkanes) is 5. The van der Waals surface area contributed by atoms with Crippen LogP contribution in [0.3, 0.4) is 0 Å². The van der Waals surface area contributed by atoms with Crippen LogP contribution >= 0.6 is 11.8 Å². The van der Waals surface area contributed by atoms with E-state index in [2.05, 4.69) is 30.3 Å². The lowest BCUT2D eigenvalue weighted by atomic mass is 9.96. The lowest BCUT2D eigenvalue weighted by molar-refractivity contribution is -0.148. The van der Waals surface area contributed by atoms with E-state index in [-0.39, 0.29) is 18.5 Å². The molecule has 3 rings (SSSR count). The predicted octanol–water partition coefficient (Wildman–Crippen LogP) is 6.91. The number of carbonyl (C=O) groups is 2. The highest BCUT2D eigenvalue weighted by molar-refractivity contribution is 7.99. The molecule has 1 saturated carbocycles. The van der Waals surface area contributed by atoms with Crippen LogP contribution in [0.2, 0.25) is 0 Å². The quantitative estimate of drug-likeness (QED) is 0.172. The minimum atomic E-state index is -1.53. The van der Waals surface area contributed by atoms with Crippen molar-refractivity contribution < 1.29 is 24.5 Å². The van der Waals surface area contributed by atoms with E-state index in [1.54, 1.807) is 0 Å². The zero-order valence-corrected chi connectivity index (χ0v) is 22.7. The Morgan fingerprint density at radius 2 is 1.49 bits per heavy atom. The summed E-state index contributed by atoms with van der Waals surface area (Å²) in [7, 11) is 0. The first kappa shape index (κ1) is 29.2. The van der Waals surface area contributed by atoms with Crippen molar-refractivity contribution in [1.82, 2.24) is 0 Å². The van der Waals surface area contributed by atoms with Crippen LogP contribution < -0.4 is 0 Å². The number of thioether (sulfide) groups is 1. The number of esters is 1. The number of aliphatic hydroxyl groups excluding tert-OH is 1. The summed E-state index contributed by atoms with van der Waals surface area (Å²) in [4.78, 5) is 23.9. The van der Waals surface area contributed by atoms with E-state index in [0.29, 0.717) is 5.75 Å². The monoisotopic (exact) mass is 526 g/mol. The van der Waals surface area contributed by atoms with E-state index < -0.39 is 17.3 Å². The van der Waals surface area contributed by atoms with Crippen LogP contribution in [0.25, 0.3) is 0 Å². The van der Waals surface area contributed by atoms with Crippen molar-refractivity contribution in [2.45, 2.75) is 101 Å². The third-order valence-electron chi connectivity index (χ3n) is 7.11. The molecular weight excluding hydrogens is 484 g/mol. The highest BCUT2D eigenvalue weighted by atomic mass is 32.2. The number of hydrogen-bond donors (Lipinski definition) is 2. The van der Waals surface area contributed by atoms with Crippen molar-refractivity contribution in [2.24, 2.45) is 0 Å². The molecule has 1 aliphatic carbocycles. The van der Waals surface area contributed by atoms with Crippen LogP contribution in [-0.4, -0.2) is 40.1 Å². The van der Waals surface area contributed by atoms with Gasteiger partial charge in [-0.3, -0.25) is 4.79 Å². The molecular formula is C31H42O5S. The van der Waals surface area contributed by atoms with Crippen LogP contribution in [0.4, 0.5) is 0 Å². The molecule has 0 aromatic heterocycles. The fourth-order valence-electron chi connectivity index (χ4n) is 5.04. The Hall–Kier alpha value is -2.31. The molecule has 1 aliphatic rings. The van der Waals surface area contributed by atoms with Crippen molar-refractivity contribution in [1.29, 1.82) is 0 Å². The average Bonchev–Trinajstić information content (AvgIpc) is 3.41. The molecule has 2 N–H and O–H groups in total. The maximum atomic E-state index is 12.2. The highest BCUT2D eigenvalue weighted by Crippen LogP contribution is 2.36. The first-order chi connectivity index (χ1) is 18.0. The number of ether oxygens (including phenoxy) is 1. The Morgan fingerprint density at radius 1 is 0.865 bits per heavy atom. The fraction of sp³-hybridized carbons (Fsp3) is 0.548. The van der Waals surface area contributed by atoms with Gasteiger partial charge in [-0.05, 0) is 68.1 Å². The summed E-state index contributed by atoms with van der Waals surface area (Å²) in [5, 5.41) is 19.4. The van der Waals surface area contributed by atoms with Gasteiger partial charge in [0.1, 0.15) is 6.10 Å². The predicted molar refractivity (Wildman–Crippen MR) is 150 cm³/mol. The molecule has 0 spiro atoms. The van der Waals surface area contributed by atoms with E-state index in [1.165, 1.54) is 43.0 Å². The zero-order valence-electron chi connectivity index (χ0n) is 21.9. The SMILES string of the molecule is O=C(CCSC(c1ccccc1CCCCCCCCc1ccccc1)C(O)C(=O)O)OC1CCCC1. The molecule has 2 unspecified atom stereocenters. The van der Waals surface area contributed by atoms with Gasteiger partial charge in [0, 0.05) is 5.75 Å². The minimum absolute atomic E-state index is 0.0301. The molecule has 5 nitrogen and oxygen atoms in total. The normalized spacial score (nSPS) is 15.4. The standard InChI is InChI=1S/C31H42O5S/c32-28(36-26-19-11-12-20-26)22-23-37-30(29(33)31(34)35)27-21-13-10-18-25(27)17-9-4-2-1-3-6-14-24-15-7-5-8-16-24/h5,7-8,10,13,15-16,18,21,26,29-30,33H,1-4,6,9,11-12,14,17,19-20,22-23H2,(H,34,35). The van der Waals surface area contributed by atoms with Gasteiger partial charge in [-0.15, -0.1) is 11.8 Å². The third kappa shape index (κ3) is 10.5. The van der Waals surface area contributed by atoms with Gasteiger partial charge in [0.15, 0.2) is 6.10 Å². The summed E-state index contributed by atoms with van der Waals surface area (Å²) >= 11 is 1.33. The Morgan fingerprint density at radius 3 is 2.19 bits per heavy atom. The van der Waals surface area contributed by atoms with Gasteiger partial charge in [-0.2, -0.15) is 0 Å². The Labute approximate surface area is 226 Å². The fourth-order valence-corrected chi connectivity index (χ4v) is 6.28. The van der Waals surface area contributed by atoms with Gasteiger partial charge < -0.3 is 14.9 Å². The lowest BCUT2D eigenvalue weighted by Gasteiger charge is -2.23. The number of carbonyl (C=O) groups excluding carboxylic acids is 1. The summed E-state index contributed by atoms with van der Waals surface area (Å²) in [6, 6.07) is 18.4. The Balaban J connectivity index is 1.43. The molecule has 2 aromatic rings. The second-order valence-electron chi connectivity index (χ2n) is 10.0. The first-order valence-electron chi connectivity index (χ1n) is 13.9. The number of hydrogen-bond acceptors (Lipinski definition) is 5. The van der Waals surface area contributed by atoms with Crippen molar-refractivity contribution in [3.05, 3.63) is 71.3 Å². The molecule has 2 aromatic carbocycles. The number of carboxylic acids is 1. The zero-order chi connectivity index (χ0) is 26.3. The lowest BCUT2D eigenvalue weighted by Crippen LogP contribution is -2.27. The van der Waals surface area contributed by atoms with Gasteiger partial charge in [-0.25, -0.2) is 4.79 Å². The number of rotatable bonds is 17. The molecule has 0 saturated heterocycles. The van der Waals surface area contributed by atoms with Crippen molar-refractivity contribution in [3.8, 4) is 0 Å². The van der Waals surface area contributed by atoms with Crippen LogP contribution in [0.15, 0.2) is 54.6 Å². The molecule has 0 amide bonds. The van der Waals surface area contributed by atoms with E-state index in [0.717, 1.165) is 62.5 Å². The van der Waals surface area contributed by atoms with Crippen LogP contribution in [0.1, 0.15) is 92.6 Å². The number of benzene rings is 2. The van der Waals surface area contributed by atoms with Gasteiger partial charge in [0.25, 0.3) is 0 Å². The molecule has 0 radical (unpaired) electrons. The van der Waals surface area contributed by atoms with Gasteiger partial charge in [0.2, 0.25) is 0 Å². The number of carboxylic acid groups (broad SMARTS) is 1. The second-order valence-corrected chi connectivity index (χ2v) is 11.3.